The molecule has 0 amide bonds. The highest BCUT2D eigenvalue weighted by Crippen LogP contribution is 2.34. The number of ether oxygens (including phenoxy) is 1. The molecule has 4 heterocycles. The molecule has 30 heavy (non-hydrogen) atoms. The van der Waals surface area contributed by atoms with E-state index in [0.29, 0.717) is 30.0 Å². The third-order valence-electron chi connectivity index (χ3n) is 5.38. The van der Waals surface area contributed by atoms with Crippen LogP contribution in [0.2, 0.25) is 0 Å². The normalized spacial score (nSPS) is 14.2. The number of carbonyl (C=O) groups excluding carboxylic acids is 1. The SMILES string of the molecule is O=C(c1ccncc1)c1c[nH]c2ncc(-c3ccc(N4CCOCC4)c(O)c3)cc12. The Labute approximate surface area is 173 Å². The zero-order valence-electron chi connectivity index (χ0n) is 16.2. The molecule has 3 aromatic heterocycles. The first kappa shape index (κ1) is 18.3. The van der Waals surface area contributed by atoms with E-state index in [9.17, 15) is 9.90 Å². The van der Waals surface area contributed by atoms with Crippen LogP contribution in [-0.4, -0.2) is 52.1 Å². The van der Waals surface area contributed by atoms with Gasteiger partial charge in [0.2, 0.25) is 0 Å². The standard InChI is InChI=1S/C23H20N4O3/c28-21-12-16(1-2-20(21)27-7-9-30-10-8-27)17-11-18-19(14-26-23(18)25-13-17)22(29)15-3-5-24-6-4-15/h1-6,11-14,28H,7-10H2,(H,25,26). The average molecular weight is 400 g/mol. The van der Waals surface area contributed by atoms with Crippen molar-refractivity contribution in [2.75, 3.05) is 31.2 Å². The summed E-state index contributed by atoms with van der Waals surface area (Å²) in [5.41, 5.74) is 4.23. The molecule has 0 unspecified atom stereocenters. The molecule has 1 aliphatic heterocycles. The zero-order valence-corrected chi connectivity index (χ0v) is 16.2. The van der Waals surface area contributed by atoms with E-state index < -0.39 is 0 Å². The molecule has 150 valence electrons. The van der Waals surface area contributed by atoms with Crippen molar-refractivity contribution in [3.8, 4) is 16.9 Å². The van der Waals surface area contributed by atoms with Gasteiger partial charge in [-0.15, -0.1) is 0 Å². The fourth-order valence-electron chi connectivity index (χ4n) is 3.78. The molecule has 0 atom stereocenters. The van der Waals surface area contributed by atoms with E-state index in [4.69, 9.17) is 4.74 Å². The van der Waals surface area contributed by atoms with Crippen LogP contribution in [0.5, 0.6) is 5.75 Å². The van der Waals surface area contributed by atoms with Gasteiger partial charge in [0, 0.05) is 60.0 Å². The lowest BCUT2D eigenvalue weighted by Gasteiger charge is -2.29. The second-order valence-corrected chi connectivity index (χ2v) is 7.19. The van der Waals surface area contributed by atoms with Crippen LogP contribution in [0.25, 0.3) is 22.2 Å². The van der Waals surface area contributed by atoms with Crippen LogP contribution in [0.3, 0.4) is 0 Å². The molecule has 7 heteroatoms. The Morgan fingerprint density at radius 2 is 1.87 bits per heavy atom. The van der Waals surface area contributed by atoms with Gasteiger partial charge in [0.25, 0.3) is 0 Å². The average Bonchev–Trinajstić information content (AvgIpc) is 3.23. The molecule has 1 aromatic carbocycles. The molecule has 0 radical (unpaired) electrons. The number of benzene rings is 1. The lowest BCUT2D eigenvalue weighted by atomic mass is 10.0. The monoisotopic (exact) mass is 400 g/mol. The van der Waals surface area contributed by atoms with Crippen molar-refractivity contribution in [2.45, 2.75) is 0 Å². The minimum Gasteiger partial charge on any atom is -0.506 e. The van der Waals surface area contributed by atoms with Crippen LogP contribution >= 0.6 is 0 Å². The van der Waals surface area contributed by atoms with E-state index in [0.717, 1.165) is 35.3 Å². The smallest absolute Gasteiger partial charge is 0.195 e. The van der Waals surface area contributed by atoms with Gasteiger partial charge in [0.1, 0.15) is 11.4 Å². The number of nitrogens with zero attached hydrogens (tertiary/aromatic N) is 3. The van der Waals surface area contributed by atoms with E-state index in [2.05, 4.69) is 19.9 Å². The fourth-order valence-corrected chi connectivity index (χ4v) is 3.78. The minimum absolute atomic E-state index is 0.0897. The largest absolute Gasteiger partial charge is 0.506 e. The summed E-state index contributed by atoms with van der Waals surface area (Å²) in [6, 6.07) is 10.9. The van der Waals surface area contributed by atoms with Gasteiger partial charge >= 0.3 is 0 Å². The molecule has 0 bridgehead atoms. The first-order valence-corrected chi connectivity index (χ1v) is 9.78. The third kappa shape index (κ3) is 3.29. The number of aromatic amines is 1. The summed E-state index contributed by atoms with van der Waals surface area (Å²) >= 11 is 0. The van der Waals surface area contributed by atoms with Gasteiger partial charge < -0.3 is 19.7 Å². The first-order valence-electron chi connectivity index (χ1n) is 9.78. The number of fused-ring (bicyclic) bond motifs is 1. The number of morpholine rings is 1. The van der Waals surface area contributed by atoms with Crippen molar-refractivity contribution in [3.05, 3.63) is 72.3 Å². The molecule has 4 aromatic rings. The first-order chi connectivity index (χ1) is 14.7. The van der Waals surface area contributed by atoms with Crippen molar-refractivity contribution in [2.24, 2.45) is 0 Å². The molecular formula is C23H20N4O3. The summed E-state index contributed by atoms with van der Waals surface area (Å²) in [5, 5.41) is 11.3. The zero-order chi connectivity index (χ0) is 20.5. The van der Waals surface area contributed by atoms with Gasteiger partial charge in [0.15, 0.2) is 5.78 Å². The quantitative estimate of drug-likeness (QED) is 0.510. The van der Waals surface area contributed by atoms with Crippen LogP contribution in [0.15, 0.2) is 61.2 Å². The molecule has 0 saturated carbocycles. The molecule has 1 aliphatic rings. The number of hydrogen-bond acceptors (Lipinski definition) is 6. The molecule has 2 N–H and O–H groups in total. The van der Waals surface area contributed by atoms with E-state index in [1.165, 1.54) is 0 Å². The van der Waals surface area contributed by atoms with Crippen molar-refractivity contribution in [1.82, 2.24) is 15.0 Å². The van der Waals surface area contributed by atoms with Crippen molar-refractivity contribution < 1.29 is 14.6 Å². The van der Waals surface area contributed by atoms with Gasteiger partial charge in [-0.25, -0.2) is 4.98 Å². The van der Waals surface area contributed by atoms with Crippen molar-refractivity contribution in [1.29, 1.82) is 0 Å². The van der Waals surface area contributed by atoms with Gasteiger partial charge in [0.05, 0.1) is 18.9 Å². The van der Waals surface area contributed by atoms with Gasteiger partial charge in [-0.2, -0.15) is 0 Å². The number of pyridine rings is 2. The van der Waals surface area contributed by atoms with Crippen LogP contribution in [-0.2, 0) is 4.74 Å². The minimum atomic E-state index is -0.0897. The number of rotatable bonds is 4. The van der Waals surface area contributed by atoms with Gasteiger partial charge in [-0.05, 0) is 35.9 Å². The maximum atomic E-state index is 12.9. The Morgan fingerprint density at radius 1 is 1.07 bits per heavy atom. The molecule has 1 saturated heterocycles. The number of aromatic hydroxyl groups is 1. The summed E-state index contributed by atoms with van der Waals surface area (Å²) in [5.74, 6) is 0.129. The molecule has 0 aliphatic carbocycles. The van der Waals surface area contributed by atoms with Gasteiger partial charge in [-0.1, -0.05) is 6.07 Å². The Morgan fingerprint density at radius 3 is 2.63 bits per heavy atom. The van der Waals surface area contributed by atoms with Crippen LogP contribution in [0, 0.1) is 0 Å². The highest BCUT2D eigenvalue weighted by molar-refractivity contribution is 6.16. The number of anilines is 1. The number of ketones is 1. The third-order valence-corrected chi connectivity index (χ3v) is 5.38. The van der Waals surface area contributed by atoms with E-state index in [1.807, 2.05) is 18.2 Å². The van der Waals surface area contributed by atoms with Crippen LogP contribution < -0.4 is 4.90 Å². The molecule has 0 spiro atoms. The number of phenolic OH excluding ortho intramolecular Hbond substituents is 1. The number of carbonyl (C=O) groups is 1. The topological polar surface area (TPSA) is 91.3 Å². The predicted octanol–water partition coefficient (Wildman–Crippen LogP) is 3.40. The molecule has 7 nitrogen and oxygen atoms in total. The molecule has 1 fully saturated rings. The maximum absolute atomic E-state index is 12.9. The number of H-pyrrole nitrogens is 1. The lowest BCUT2D eigenvalue weighted by molar-refractivity contribution is 0.104. The highest BCUT2D eigenvalue weighted by Gasteiger charge is 2.17. The van der Waals surface area contributed by atoms with Gasteiger partial charge in [-0.3, -0.25) is 9.78 Å². The number of nitrogens with one attached hydrogen (secondary N) is 1. The number of phenols is 1. The van der Waals surface area contributed by atoms with Crippen molar-refractivity contribution in [3.63, 3.8) is 0 Å². The Balaban J connectivity index is 1.51. The van der Waals surface area contributed by atoms with E-state index in [1.54, 1.807) is 43.0 Å². The second-order valence-electron chi connectivity index (χ2n) is 7.19. The molecule has 5 rings (SSSR count). The number of aromatic nitrogens is 3. The Bertz CT molecular complexity index is 1210. The predicted molar refractivity (Wildman–Crippen MR) is 114 cm³/mol. The summed E-state index contributed by atoms with van der Waals surface area (Å²) < 4.78 is 5.38. The summed E-state index contributed by atoms with van der Waals surface area (Å²) in [6.07, 6.45) is 6.63. The summed E-state index contributed by atoms with van der Waals surface area (Å²) in [6.45, 7) is 2.82. The van der Waals surface area contributed by atoms with Crippen LogP contribution in [0.1, 0.15) is 15.9 Å². The highest BCUT2D eigenvalue weighted by atomic mass is 16.5. The lowest BCUT2D eigenvalue weighted by Crippen LogP contribution is -2.36. The summed E-state index contributed by atoms with van der Waals surface area (Å²) in [7, 11) is 0. The van der Waals surface area contributed by atoms with E-state index in [-0.39, 0.29) is 11.5 Å². The van der Waals surface area contributed by atoms with Crippen LogP contribution in [0.4, 0.5) is 5.69 Å². The Hall–Kier alpha value is -3.71. The molecular weight excluding hydrogens is 380 g/mol. The fraction of sp³-hybridized carbons (Fsp3) is 0.174. The van der Waals surface area contributed by atoms with Crippen molar-refractivity contribution >= 4 is 22.5 Å². The van der Waals surface area contributed by atoms with E-state index >= 15 is 0 Å². The summed E-state index contributed by atoms with van der Waals surface area (Å²) in [4.78, 5) is 26.5. The maximum Gasteiger partial charge on any atom is 0.195 e. The number of hydrogen-bond donors (Lipinski definition) is 2. The Kier molecular flexibility index (Phi) is 4.65. The second kappa shape index (κ2) is 7.61.